The molecule has 0 radical (unpaired) electrons. The largest absolute Gasteiger partial charge is 0.464 e. The van der Waals surface area contributed by atoms with Crippen LogP contribution in [0.3, 0.4) is 0 Å². The summed E-state index contributed by atoms with van der Waals surface area (Å²) in [5, 5.41) is 0. The molecule has 5 heteroatoms. The average molecular weight is 240 g/mol. The van der Waals surface area contributed by atoms with Gasteiger partial charge in [-0.3, -0.25) is 4.79 Å². The molecule has 1 aromatic rings. The standard InChI is InChI=1S/C11H16N2O2S/c1-3-11(16)8(6-15-10(11)14)4-9-5-12-7-13(9)2/h5,7-8,16H,3-4,6H2,1-2H3/t8-,11+/m1/s1. The van der Waals surface area contributed by atoms with Crippen LogP contribution in [0.15, 0.2) is 12.5 Å². The van der Waals surface area contributed by atoms with Crippen molar-refractivity contribution < 1.29 is 9.53 Å². The summed E-state index contributed by atoms with van der Waals surface area (Å²) in [6.45, 7) is 2.43. The van der Waals surface area contributed by atoms with Gasteiger partial charge in [0.05, 0.1) is 12.9 Å². The van der Waals surface area contributed by atoms with Crippen LogP contribution < -0.4 is 0 Å². The molecule has 0 aliphatic carbocycles. The monoisotopic (exact) mass is 240 g/mol. The summed E-state index contributed by atoms with van der Waals surface area (Å²) in [7, 11) is 1.95. The van der Waals surface area contributed by atoms with E-state index < -0.39 is 4.75 Å². The molecule has 88 valence electrons. The van der Waals surface area contributed by atoms with Crippen LogP contribution in [-0.4, -0.2) is 26.9 Å². The number of aromatic nitrogens is 2. The van der Waals surface area contributed by atoms with Crippen molar-refractivity contribution in [2.75, 3.05) is 6.61 Å². The Labute approximate surface area is 100 Å². The third-order valence-electron chi connectivity index (χ3n) is 3.36. The molecule has 0 amide bonds. The second-order valence-corrected chi connectivity index (χ2v) is 5.07. The number of imidazole rings is 1. The zero-order chi connectivity index (χ0) is 11.8. The Bertz CT molecular complexity index is 404. The molecule has 1 aliphatic rings. The normalized spacial score (nSPS) is 29.4. The van der Waals surface area contributed by atoms with Crippen LogP contribution in [-0.2, 0) is 23.0 Å². The van der Waals surface area contributed by atoms with Gasteiger partial charge in [-0.15, -0.1) is 0 Å². The van der Waals surface area contributed by atoms with Crippen molar-refractivity contribution in [1.82, 2.24) is 9.55 Å². The maximum Gasteiger partial charge on any atom is 0.322 e. The number of carbonyl (C=O) groups excluding carboxylic acids is 1. The molecule has 0 spiro atoms. The van der Waals surface area contributed by atoms with Crippen molar-refractivity contribution in [2.45, 2.75) is 24.5 Å². The van der Waals surface area contributed by atoms with E-state index in [4.69, 9.17) is 4.74 Å². The summed E-state index contributed by atoms with van der Waals surface area (Å²) in [6, 6.07) is 0. The lowest BCUT2D eigenvalue weighted by atomic mass is 9.88. The summed E-state index contributed by atoms with van der Waals surface area (Å²) < 4.78 is 6.45. The van der Waals surface area contributed by atoms with E-state index in [1.807, 2.05) is 24.7 Å². The molecule has 0 unspecified atom stereocenters. The molecule has 1 aromatic heterocycles. The van der Waals surface area contributed by atoms with E-state index in [1.54, 1.807) is 6.33 Å². The number of carbonyl (C=O) groups is 1. The zero-order valence-electron chi connectivity index (χ0n) is 9.51. The van der Waals surface area contributed by atoms with Crippen LogP contribution in [0.4, 0.5) is 0 Å². The molecule has 2 atom stereocenters. The fourth-order valence-electron chi connectivity index (χ4n) is 2.10. The number of hydrogen-bond acceptors (Lipinski definition) is 4. The van der Waals surface area contributed by atoms with Crippen molar-refractivity contribution in [3.63, 3.8) is 0 Å². The molecular formula is C11H16N2O2S. The Balaban J connectivity index is 2.17. The van der Waals surface area contributed by atoms with Gasteiger partial charge in [0.15, 0.2) is 0 Å². The van der Waals surface area contributed by atoms with Gasteiger partial charge < -0.3 is 9.30 Å². The third-order valence-corrected chi connectivity index (χ3v) is 4.22. The smallest absolute Gasteiger partial charge is 0.322 e. The van der Waals surface area contributed by atoms with Crippen LogP contribution in [0.2, 0.25) is 0 Å². The predicted molar refractivity (Wildman–Crippen MR) is 63.4 cm³/mol. The molecule has 0 saturated carbocycles. The first-order valence-corrected chi connectivity index (χ1v) is 5.87. The van der Waals surface area contributed by atoms with Gasteiger partial charge in [-0.1, -0.05) is 6.92 Å². The topological polar surface area (TPSA) is 44.1 Å². The molecular weight excluding hydrogens is 224 g/mol. The summed E-state index contributed by atoms with van der Waals surface area (Å²) in [5.74, 6) is -0.0609. The van der Waals surface area contributed by atoms with Gasteiger partial charge in [0.25, 0.3) is 0 Å². The van der Waals surface area contributed by atoms with Crippen LogP contribution >= 0.6 is 12.6 Å². The lowest BCUT2D eigenvalue weighted by Gasteiger charge is -2.23. The van der Waals surface area contributed by atoms with E-state index in [0.29, 0.717) is 13.0 Å². The first-order chi connectivity index (χ1) is 7.58. The molecule has 2 rings (SSSR count). The van der Waals surface area contributed by atoms with Gasteiger partial charge in [0, 0.05) is 24.9 Å². The Morgan fingerprint density at radius 2 is 2.50 bits per heavy atom. The predicted octanol–water partition coefficient (Wildman–Crippen LogP) is 1.21. The molecule has 16 heavy (non-hydrogen) atoms. The molecule has 1 aliphatic heterocycles. The van der Waals surface area contributed by atoms with Gasteiger partial charge in [0.1, 0.15) is 4.75 Å². The lowest BCUT2D eigenvalue weighted by molar-refractivity contribution is -0.140. The SMILES string of the molecule is CC[C@@]1(S)C(=O)OC[C@H]1Cc1cncn1C. The van der Waals surface area contributed by atoms with Crippen LogP contribution in [0.1, 0.15) is 19.0 Å². The first kappa shape index (κ1) is 11.5. The summed E-state index contributed by atoms with van der Waals surface area (Å²) in [6.07, 6.45) is 5.06. The Morgan fingerprint density at radius 1 is 1.75 bits per heavy atom. The molecule has 2 heterocycles. The molecule has 0 bridgehead atoms. The van der Waals surface area contributed by atoms with Crippen molar-refractivity contribution in [2.24, 2.45) is 13.0 Å². The van der Waals surface area contributed by atoms with Gasteiger partial charge in [0.2, 0.25) is 0 Å². The number of aryl methyl sites for hydroxylation is 1. The maximum absolute atomic E-state index is 11.6. The molecule has 0 N–H and O–H groups in total. The van der Waals surface area contributed by atoms with Crippen molar-refractivity contribution in [3.8, 4) is 0 Å². The molecule has 4 nitrogen and oxygen atoms in total. The fraction of sp³-hybridized carbons (Fsp3) is 0.636. The Morgan fingerprint density at radius 3 is 3.06 bits per heavy atom. The summed E-state index contributed by atoms with van der Waals surface area (Å²) in [4.78, 5) is 15.7. The van der Waals surface area contributed by atoms with E-state index in [-0.39, 0.29) is 11.9 Å². The van der Waals surface area contributed by atoms with E-state index in [0.717, 1.165) is 12.1 Å². The summed E-state index contributed by atoms with van der Waals surface area (Å²) in [5.41, 5.74) is 1.11. The van der Waals surface area contributed by atoms with Crippen molar-refractivity contribution in [3.05, 3.63) is 18.2 Å². The number of ether oxygens (including phenoxy) is 1. The number of hydrogen-bond donors (Lipinski definition) is 1. The minimum absolute atomic E-state index is 0.128. The van der Waals surface area contributed by atoms with Gasteiger partial charge in [-0.05, 0) is 12.8 Å². The Kier molecular flexibility index (Phi) is 2.97. The second kappa shape index (κ2) is 4.13. The van der Waals surface area contributed by atoms with Gasteiger partial charge in [-0.2, -0.15) is 12.6 Å². The number of cyclic esters (lactones) is 1. The van der Waals surface area contributed by atoms with Crippen molar-refractivity contribution in [1.29, 1.82) is 0 Å². The van der Waals surface area contributed by atoms with Crippen LogP contribution in [0.25, 0.3) is 0 Å². The average Bonchev–Trinajstić information content (AvgIpc) is 2.79. The van der Waals surface area contributed by atoms with Crippen LogP contribution in [0, 0.1) is 5.92 Å². The molecule has 1 saturated heterocycles. The third kappa shape index (κ3) is 1.73. The van der Waals surface area contributed by atoms with Crippen LogP contribution in [0.5, 0.6) is 0 Å². The van der Waals surface area contributed by atoms with E-state index in [9.17, 15) is 4.79 Å². The van der Waals surface area contributed by atoms with Gasteiger partial charge >= 0.3 is 5.97 Å². The minimum atomic E-state index is -0.635. The molecule has 0 aromatic carbocycles. The number of esters is 1. The summed E-state index contributed by atoms with van der Waals surface area (Å²) >= 11 is 4.51. The van der Waals surface area contributed by atoms with Crippen molar-refractivity contribution >= 4 is 18.6 Å². The van der Waals surface area contributed by atoms with Gasteiger partial charge in [-0.25, -0.2) is 4.98 Å². The highest BCUT2D eigenvalue weighted by Gasteiger charge is 2.48. The zero-order valence-corrected chi connectivity index (χ0v) is 10.4. The highest BCUT2D eigenvalue weighted by molar-refractivity contribution is 7.82. The quantitative estimate of drug-likeness (QED) is 0.638. The first-order valence-electron chi connectivity index (χ1n) is 5.42. The highest BCUT2D eigenvalue weighted by atomic mass is 32.1. The molecule has 1 fully saturated rings. The van der Waals surface area contributed by atoms with E-state index in [1.165, 1.54) is 0 Å². The number of thiol groups is 1. The minimum Gasteiger partial charge on any atom is -0.464 e. The Hall–Kier alpha value is -0.970. The highest BCUT2D eigenvalue weighted by Crippen LogP contribution is 2.37. The second-order valence-electron chi connectivity index (χ2n) is 4.27. The number of rotatable bonds is 3. The fourth-order valence-corrected chi connectivity index (χ4v) is 2.33. The number of nitrogens with zero attached hydrogens (tertiary/aromatic N) is 2. The maximum atomic E-state index is 11.6. The van der Waals surface area contributed by atoms with E-state index in [2.05, 4.69) is 17.6 Å². The van der Waals surface area contributed by atoms with E-state index >= 15 is 0 Å². The lowest BCUT2D eigenvalue weighted by Crippen LogP contribution is -2.35.